The molecule has 2 unspecified atom stereocenters. The summed E-state index contributed by atoms with van der Waals surface area (Å²) in [5.74, 6) is 1.01. The molecule has 1 aliphatic carbocycles. The van der Waals surface area contributed by atoms with Crippen LogP contribution in [0.15, 0.2) is 0 Å². The van der Waals surface area contributed by atoms with Crippen molar-refractivity contribution in [2.24, 2.45) is 13.0 Å². The predicted octanol–water partition coefficient (Wildman–Crippen LogP) is 0.173. The maximum Gasteiger partial charge on any atom is 0.242 e. The van der Waals surface area contributed by atoms with Gasteiger partial charge >= 0.3 is 0 Å². The molecule has 1 aromatic rings. The monoisotopic (exact) mass is 211 g/mol. The Labute approximate surface area is 88.7 Å². The van der Waals surface area contributed by atoms with E-state index < -0.39 is 0 Å². The average molecular weight is 211 g/mol. The van der Waals surface area contributed by atoms with Crippen molar-refractivity contribution in [1.82, 2.24) is 20.2 Å². The van der Waals surface area contributed by atoms with Crippen molar-refractivity contribution in [1.29, 1.82) is 0 Å². The lowest BCUT2D eigenvalue weighted by atomic mass is 9.85. The number of rotatable bonds is 3. The van der Waals surface area contributed by atoms with E-state index in [0.29, 0.717) is 17.9 Å². The Morgan fingerprint density at radius 1 is 1.47 bits per heavy atom. The lowest BCUT2D eigenvalue weighted by Crippen LogP contribution is -2.35. The van der Waals surface area contributed by atoms with Crippen LogP contribution in [0.1, 0.15) is 25.7 Å². The standard InChI is InChI=1S/C9H17N5O/c1-14-9(11-12-13-14)10-8-5-3-2-4-7(8)6-15/h7-8,15H,2-6H2,1H3,(H,10,11,13). The van der Waals surface area contributed by atoms with Crippen molar-refractivity contribution in [3.05, 3.63) is 0 Å². The quantitative estimate of drug-likeness (QED) is 0.745. The second-order valence-corrected chi connectivity index (χ2v) is 4.10. The van der Waals surface area contributed by atoms with E-state index in [0.717, 1.165) is 12.8 Å². The summed E-state index contributed by atoms with van der Waals surface area (Å²) in [5, 5.41) is 23.8. The first-order valence-electron chi connectivity index (χ1n) is 5.41. The number of hydrogen-bond donors (Lipinski definition) is 2. The molecule has 1 saturated carbocycles. The number of aryl methyl sites for hydroxylation is 1. The van der Waals surface area contributed by atoms with E-state index in [1.165, 1.54) is 12.8 Å². The molecular weight excluding hydrogens is 194 g/mol. The van der Waals surface area contributed by atoms with E-state index in [-0.39, 0.29) is 6.61 Å². The second-order valence-electron chi connectivity index (χ2n) is 4.10. The molecule has 2 atom stereocenters. The Bertz CT molecular complexity index is 313. The van der Waals surface area contributed by atoms with Crippen molar-refractivity contribution >= 4 is 5.95 Å². The van der Waals surface area contributed by atoms with E-state index >= 15 is 0 Å². The smallest absolute Gasteiger partial charge is 0.242 e. The minimum absolute atomic E-state index is 0.239. The van der Waals surface area contributed by atoms with Crippen molar-refractivity contribution in [3.63, 3.8) is 0 Å². The topological polar surface area (TPSA) is 75.9 Å². The van der Waals surface area contributed by atoms with Gasteiger partial charge in [-0.05, 0) is 23.3 Å². The molecule has 84 valence electrons. The zero-order valence-electron chi connectivity index (χ0n) is 8.93. The van der Waals surface area contributed by atoms with Crippen LogP contribution in [0, 0.1) is 5.92 Å². The first-order valence-corrected chi connectivity index (χ1v) is 5.41. The van der Waals surface area contributed by atoms with Crippen LogP contribution in [0.2, 0.25) is 0 Å². The number of aliphatic hydroxyl groups excluding tert-OH is 1. The van der Waals surface area contributed by atoms with Gasteiger partial charge in [-0.1, -0.05) is 17.9 Å². The fourth-order valence-corrected chi connectivity index (χ4v) is 2.13. The van der Waals surface area contributed by atoms with Gasteiger partial charge in [-0.25, -0.2) is 4.68 Å². The first kappa shape index (κ1) is 10.4. The molecule has 0 amide bonds. The highest BCUT2D eigenvalue weighted by Crippen LogP contribution is 2.25. The molecule has 0 aliphatic heterocycles. The lowest BCUT2D eigenvalue weighted by molar-refractivity contribution is 0.177. The normalized spacial score (nSPS) is 26.5. The third-order valence-corrected chi connectivity index (χ3v) is 3.08. The highest BCUT2D eigenvalue weighted by atomic mass is 16.3. The third kappa shape index (κ3) is 2.26. The molecule has 2 N–H and O–H groups in total. The number of anilines is 1. The SMILES string of the molecule is Cn1nnnc1NC1CCCCC1CO. The summed E-state index contributed by atoms with van der Waals surface area (Å²) in [7, 11) is 1.80. The highest BCUT2D eigenvalue weighted by molar-refractivity contribution is 5.23. The molecule has 0 saturated heterocycles. The Kier molecular flexibility index (Phi) is 3.15. The second kappa shape index (κ2) is 4.57. The maximum absolute atomic E-state index is 9.26. The average Bonchev–Trinajstić information content (AvgIpc) is 2.65. The molecule has 1 aliphatic rings. The van der Waals surface area contributed by atoms with Crippen molar-refractivity contribution in [3.8, 4) is 0 Å². The van der Waals surface area contributed by atoms with Crippen molar-refractivity contribution in [2.45, 2.75) is 31.7 Å². The van der Waals surface area contributed by atoms with Crippen LogP contribution in [0.5, 0.6) is 0 Å². The molecule has 1 heterocycles. The van der Waals surface area contributed by atoms with Gasteiger partial charge < -0.3 is 10.4 Å². The van der Waals surface area contributed by atoms with Crippen LogP contribution in [0.3, 0.4) is 0 Å². The number of nitrogens with one attached hydrogen (secondary N) is 1. The van der Waals surface area contributed by atoms with E-state index in [9.17, 15) is 5.11 Å². The summed E-state index contributed by atoms with van der Waals surface area (Å²) in [6, 6.07) is 0.299. The van der Waals surface area contributed by atoms with Crippen molar-refractivity contribution in [2.75, 3.05) is 11.9 Å². The summed E-state index contributed by atoms with van der Waals surface area (Å²) in [6.07, 6.45) is 4.58. The van der Waals surface area contributed by atoms with Crippen LogP contribution < -0.4 is 5.32 Å². The molecule has 0 spiro atoms. The Morgan fingerprint density at radius 3 is 2.93 bits per heavy atom. The fourth-order valence-electron chi connectivity index (χ4n) is 2.13. The minimum Gasteiger partial charge on any atom is -0.396 e. The molecule has 6 nitrogen and oxygen atoms in total. The van der Waals surface area contributed by atoms with Gasteiger partial charge in [0.2, 0.25) is 5.95 Å². The molecule has 1 fully saturated rings. The van der Waals surface area contributed by atoms with Crippen LogP contribution in [-0.2, 0) is 7.05 Å². The van der Waals surface area contributed by atoms with Crippen molar-refractivity contribution < 1.29 is 5.11 Å². The molecular formula is C9H17N5O. The summed E-state index contributed by atoms with van der Waals surface area (Å²) >= 11 is 0. The van der Waals surface area contributed by atoms with Crippen LogP contribution in [-0.4, -0.2) is 38.0 Å². The number of hydrogen-bond acceptors (Lipinski definition) is 5. The van der Waals surface area contributed by atoms with Gasteiger partial charge in [-0.2, -0.15) is 0 Å². The fraction of sp³-hybridized carbons (Fsp3) is 0.889. The Morgan fingerprint density at radius 2 is 2.27 bits per heavy atom. The zero-order valence-corrected chi connectivity index (χ0v) is 8.93. The van der Waals surface area contributed by atoms with E-state index in [1.54, 1.807) is 11.7 Å². The van der Waals surface area contributed by atoms with Gasteiger partial charge in [0, 0.05) is 25.6 Å². The molecule has 0 radical (unpaired) electrons. The van der Waals surface area contributed by atoms with Gasteiger partial charge in [-0.3, -0.25) is 0 Å². The van der Waals surface area contributed by atoms with Gasteiger partial charge in [-0.15, -0.1) is 0 Å². The minimum atomic E-state index is 0.239. The first-order chi connectivity index (χ1) is 7.31. The number of aliphatic hydroxyl groups is 1. The largest absolute Gasteiger partial charge is 0.396 e. The summed E-state index contributed by atoms with van der Waals surface area (Å²) in [5.41, 5.74) is 0. The van der Waals surface area contributed by atoms with Crippen LogP contribution in [0.25, 0.3) is 0 Å². The molecule has 0 bridgehead atoms. The van der Waals surface area contributed by atoms with E-state index in [1.807, 2.05) is 0 Å². The number of tetrazole rings is 1. The van der Waals surface area contributed by atoms with Gasteiger partial charge in [0.1, 0.15) is 0 Å². The molecule has 6 heteroatoms. The van der Waals surface area contributed by atoms with E-state index in [4.69, 9.17) is 0 Å². The number of aromatic nitrogens is 4. The van der Waals surface area contributed by atoms with Gasteiger partial charge in [0.05, 0.1) is 0 Å². The van der Waals surface area contributed by atoms with Gasteiger partial charge in [0.15, 0.2) is 0 Å². The van der Waals surface area contributed by atoms with Crippen LogP contribution in [0.4, 0.5) is 5.95 Å². The Balaban J connectivity index is 2.00. The highest BCUT2D eigenvalue weighted by Gasteiger charge is 2.25. The van der Waals surface area contributed by atoms with E-state index in [2.05, 4.69) is 20.8 Å². The van der Waals surface area contributed by atoms with Gasteiger partial charge in [0.25, 0.3) is 0 Å². The third-order valence-electron chi connectivity index (χ3n) is 3.08. The maximum atomic E-state index is 9.26. The number of nitrogens with zero attached hydrogens (tertiary/aromatic N) is 4. The molecule has 15 heavy (non-hydrogen) atoms. The lowest BCUT2D eigenvalue weighted by Gasteiger charge is -2.30. The summed E-state index contributed by atoms with van der Waals surface area (Å²) < 4.78 is 1.61. The summed E-state index contributed by atoms with van der Waals surface area (Å²) in [4.78, 5) is 0. The molecule has 0 aromatic carbocycles. The molecule has 1 aromatic heterocycles. The Hall–Kier alpha value is -1.17. The predicted molar refractivity (Wildman–Crippen MR) is 55.3 cm³/mol. The summed E-state index contributed by atoms with van der Waals surface area (Å²) in [6.45, 7) is 0.239. The zero-order chi connectivity index (χ0) is 10.7. The van der Waals surface area contributed by atoms with Crippen LogP contribution >= 0.6 is 0 Å². The molecule has 2 rings (SSSR count).